The minimum absolute atomic E-state index is 0.00346. The molecule has 2 rings (SSSR count). The first-order chi connectivity index (χ1) is 9.65. The molecule has 0 saturated heterocycles. The SMILES string of the molecule is CN(C)Cc1cccc(C(=O)C=Cc2ccccn2)c1. The lowest BCUT2D eigenvalue weighted by Crippen LogP contribution is -2.11. The molecule has 0 spiro atoms. The van der Waals surface area contributed by atoms with E-state index in [4.69, 9.17) is 0 Å². The fraction of sp³-hybridized carbons (Fsp3) is 0.176. The van der Waals surface area contributed by atoms with Crippen LogP contribution < -0.4 is 0 Å². The average molecular weight is 266 g/mol. The van der Waals surface area contributed by atoms with E-state index in [0.29, 0.717) is 5.56 Å². The second-order valence-corrected chi connectivity index (χ2v) is 4.89. The summed E-state index contributed by atoms with van der Waals surface area (Å²) in [6.45, 7) is 0.824. The van der Waals surface area contributed by atoms with E-state index in [1.165, 1.54) is 0 Å². The number of benzene rings is 1. The molecule has 1 aromatic heterocycles. The second-order valence-electron chi connectivity index (χ2n) is 4.89. The van der Waals surface area contributed by atoms with Gasteiger partial charge in [-0.25, -0.2) is 0 Å². The van der Waals surface area contributed by atoms with Crippen molar-refractivity contribution in [2.45, 2.75) is 6.54 Å². The van der Waals surface area contributed by atoms with Gasteiger partial charge in [0.25, 0.3) is 0 Å². The van der Waals surface area contributed by atoms with Gasteiger partial charge in [0.05, 0.1) is 5.69 Å². The van der Waals surface area contributed by atoms with Crippen LogP contribution in [0.2, 0.25) is 0 Å². The predicted octanol–water partition coefficient (Wildman–Crippen LogP) is 3.04. The van der Waals surface area contributed by atoms with Crippen molar-refractivity contribution in [1.82, 2.24) is 9.88 Å². The van der Waals surface area contributed by atoms with E-state index in [1.807, 2.05) is 56.6 Å². The Morgan fingerprint density at radius 3 is 2.75 bits per heavy atom. The molecule has 0 N–H and O–H groups in total. The van der Waals surface area contributed by atoms with Crippen LogP contribution in [0.15, 0.2) is 54.7 Å². The van der Waals surface area contributed by atoms with Crippen molar-refractivity contribution in [3.63, 3.8) is 0 Å². The van der Waals surface area contributed by atoms with Crippen LogP contribution in [-0.4, -0.2) is 29.8 Å². The standard InChI is InChI=1S/C17H18N2O/c1-19(2)13-14-6-5-7-15(12-14)17(20)10-9-16-8-3-4-11-18-16/h3-12H,13H2,1-2H3. The minimum atomic E-state index is -0.00346. The molecule has 0 aliphatic heterocycles. The average Bonchev–Trinajstić information content (AvgIpc) is 2.45. The Kier molecular flexibility index (Phi) is 4.80. The Balaban J connectivity index is 2.11. The summed E-state index contributed by atoms with van der Waals surface area (Å²) in [6, 6.07) is 13.3. The summed E-state index contributed by atoms with van der Waals surface area (Å²) in [7, 11) is 4.02. The molecule has 0 saturated carbocycles. The Bertz CT molecular complexity index is 603. The smallest absolute Gasteiger partial charge is 0.185 e. The lowest BCUT2D eigenvalue weighted by atomic mass is 10.1. The summed E-state index contributed by atoms with van der Waals surface area (Å²) in [5, 5.41) is 0. The first-order valence-corrected chi connectivity index (χ1v) is 6.52. The van der Waals surface area contributed by atoms with E-state index in [-0.39, 0.29) is 5.78 Å². The van der Waals surface area contributed by atoms with Crippen LogP contribution in [0, 0.1) is 0 Å². The Labute approximate surface area is 119 Å². The number of hydrogen-bond donors (Lipinski definition) is 0. The Morgan fingerprint density at radius 2 is 2.05 bits per heavy atom. The van der Waals surface area contributed by atoms with Gasteiger partial charge in [-0.3, -0.25) is 9.78 Å². The molecule has 1 aromatic carbocycles. The van der Waals surface area contributed by atoms with Crippen molar-refractivity contribution < 1.29 is 4.79 Å². The van der Waals surface area contributed by atoms with Gasteiger partial charge in [-0.15, -0.1) is 0 Å². The van der Waals surface area contributed by atoms with Crippen molar-refractivity contribution in [3.05, 3.63) is 71.6 Å². The molecule has 102 valence electrons. The zero-order valence-electron chi connectivity index (χ0n) is 11.8. The van der Waals surface area contributed by atoms with Crippen LogP contribution in [0.3, 0.4) is 0 Å². The van der Waals surface area contributed by atoms with Crippen molar-refractivity contribution in [3.8, 4) is 0 Å². The van der Waals surface area contributed by atoms with E-state index in [2.05, 4.69) is 9.88 Å². The molecule has 0 fully saturated rings. The van der Waals surface area contributed by atoms with Crippen molar-refractivity contribution >= 4 is 11.9 Å². The van der Waals surface area contributed by atoms with Gasteiger partial charge in [0, 0.05) is 18.3 Å². The summed E-state index contributed by atoms with van der Waals surface area (Å²) >= 11 is 0. The number of carbonyl (C=O) groups excluding carboxylic acids is 1. The van der Waals surface area contributed by atoms with E-state index in [9.17, 15) is 4.79 Å². The van der Waals surface area contributed by atoms with Crippen molar-refractivity contribution in [2.75, 3.05) is 14.1 Å². The van der Waals surface area contributed by atoms with Crippen LogP contribution in [0.1, 0.15) is 21.6 Å². The van der Waals surface area contributed by atoms with Gasteiger partial charge in [-0.05, 0) is 50.0 Å². The third-order valence-electron chi connectivity index (χ3n) is 2.80. The molecule has 3 heteroatoms. The molecule has 0 radical (unpaired) electrons. The van der Waals surface area contributed by atoms with E-state index in [1.54, 1.807) is 18.3 Å². The normalized spacial score (nSPS) is 11.2. The van der Waals surface area contributed by atoms with Crippen LogP contribution in [-0.2, 0) is 6.54 Å². The van der Waals surface area contributed by atoms with Gasteiger partial charge >= 0.3 is 0 Å². The van der Waals surface area contributed by atoms with Gasteiger partial charge in [-0.1, -0.05) is 24.3 Å². The predicted molar refractivity (Wildman–Crippen MR) is 81.4 cm³/mol. The van der Waals surface area contributed by atoms with E-state index < -0.39 is 0 Å². The van der Waals surface area contributed by atoms with Crippen LogP contribution in [0.5, 0.6) is 0 Å². The number of pyridine rings is 1. The molecule has 0 unspecified atom stereocenters. The van der Waals surface area contributed by atoms with Gasteiger partial charge in [0.1, 0.15) is 0 Å². The molecule has 2 aromatic rings. The Hall–Kier alpha value is -2.26. The lowest BCUT2D eigenvalue weighted by Gasteiger charge is -2.09. The van der Waals surface area contributed by atoms with Crippen LogP contribution in [0.25, 0.3) is 6.08 Å². The van der Waals surface area contributed by atoms with Crippen molar-refractivity contribution in [1.29, 1.82) is 0 Å². The van der Waals surface area contributed by atoms with Gasteiger partial charge in [0.15, 0.2) is 5.78 Å². The molecular weight excluding hydrogens is 248 g/mol. The summed E-state index contributed by atoms with van der Waals surface area (Å²) in [4.78, 5) is 18.4. The summed E-state index contributed by atoms with van der Waals surface area (Å²) in [5.41, 5.74) is 2.62. The number of nitrogens with zero attached hydrogens (tertiary/aromatic N) is 2. The molecule has 0 bridgehead atoms. The topological polar surface area (TPSA) is 33.2 Å². The zero-order chi connectivity index (χ0) is 14.4. The summed E-state index contributed by atoms with van der Waals surface area (Å²) in [5.74, 6) is -0.00346. The maximum absolute atomic E-state index is 12.1. The number of hydrogen-bond acceptors (Lipinski definition) is 3. The van der Waals surface area contributed by atoms with E-state index in [0.717, 1.165) is 17.8 Å². The highest BCUT2D eigenvalue weighted by Crippen LogP contribution is 2.09. The number of aromatic nitrogens is 1. The maximum Gasteiger partial charge on any atom is 0.185 e. The highest BCUT2D eigenvalue weighted by molar-refractivity contribution is 6.06. The molecule has 0 atom stereocenters. The summed E-state index contributed by atoms with van der Waals surface area (Å²) in [6.07, 6.45) is 5.01. The molecule has 3 nitrogen and oxygen atoms in total. The first-order valence-electron chi connectivity index (χ1n) is 6.52. The third-order valence-corrected chi connectivity index (χ3v) is 2.80. The fourth-order valence-electron chi connectivity index (χ4n) is 1.92. The quantitative estimate of drug-likeness (QED) is 0.616. The summed E-state index contributed by atoms with van der Waals surface area (Å²) < 4.78 is 0. The van der Waals surface area contributed by atoms with E-state index >= 15 is 0 Å². The Morgan fingerprint density at radius 1 is 1.20 bits per heavy atom. The largest absolute Gasteiger partial charge is 0.305 e. The third kappa shape index (κ3) is 4.14. The van der Waals surface area contributed by atoms with Crippen molar-refractivity contribution in [2.24, 2.45) is 0 Å². The van der Waals surface area contributed by atoms with Crippen LogP contribution >= 0.6 is 0 Å². The van der Waals surface area contributed by atoms with Crippen LogP contribution in [0.4, 0.5) is 0 Å². The first kappa shape index (κ1) is 14.2. The van der Waals surface area contributed by atoms with Gasteiger partial charge in [-0.2, -0.15) is 0 Å². The number of rotatable bonds is 5. The molecule has 20 heavy (non-hydrogen) atoms. The molecular formula is C17H18N2O. The maximum atomic E-state index is 12.1. The highest BCUT2D eigenvalue weighted by Gasteiger charge is 2.03. The molecule has 0 aliphatic carbocycles. The number of ketones is 1. The highest BCUT2D eigenvalue weighted by atomic mass is 16.1. The monoisotopic (exact) mass is 266 g/mol. The molecule has 0 aliphatic rings. The fourth-order valence-corrected chi connectivity index (χ4v) is 1.92. The molecule has 1 heterocycles. The van der Waals surface area contributed by atoms with Gasteiger partial charge < -0.3 is 4.90 Å². The number of allylic oxidation sites excluding steroid dienone is 1. The minimum Gasteiger partial charge on any atom is -0.305 e. The second kappa shape index (κ2) is 6.78. The zero-order valence-corrected chi connectivity index (χ0v) is 11.8. The lowest BCUT2D eigenvalue weighted by molar-refractivity contribution is 0.104. The molecule has 0 amide bonds. The van der Waals surface area contributed by atoms with Gasteiger partial charge in [0.2, 0.25) is 0 Å². The number of carbonyl (C=O) groups is 1.